The van der Waals surface area contributed by atoms with Gasteiger partial charge in [0.05, 0.1) is 11.3 Å². The molecule has 11 nitrogen and oxygen atoms in total. The molecule has 0 bridgehead atoms. The number of carboxylic acids is 1. The van der Waals surface area contributed by atoms with E-state index in [1.807, 2.05) is 12.1 Å². The number of carbonyl (C=O) groups excluding carboxylic acids is 1. The molecule has 0 radical (unpaired) electrons. The Kier molecular flexibility index (Phi) is 8.79. The minimum absolute atomic E-state index is 0.00817. The molecule has 12 heteroatoms. The number of aromatic nitrogens is 2. The first kappa shape index (κ1) is 28.5. The van der Waals surface area contributed by atoms with Crippen LogP contribution < -0.4 is 14.9 Å². The standard InChI is InChI=1S/C29H34N6O5S/c36-27(37)19-26(33-41(39,40)25-5-2-1-3-6-25)35(20-21-7-8-21)28(38)22-9-11-24(12-10-22)34-17-13-23(14-18-34)32-29-30-15-4-16-31-29/h1-6,9-12,15-16,21,23,26,33H,7-8,13-14,17-20H2,(H,36,37)(H,30,31,32). The van der Waals surface area contributed by atoms with Crippen molar-refractivity contribution >= 4 is 33.5 Å². The molecule has 216 valence electrons. The Bertz CT molecular complexity index is 1430. The second-order valence-electron chi connectivity index (χ2n) is 10.5. The molecule has 0 spiro atoms. The van der Waals surface area contributed by atoms with Crippen LogP contribution in [0.4, 0.5) is 11.6 Å². The molecule has 1 amide bonds. The van der Waals surface area contributed by atoms with Crippen LogP contribution in [-0.2, 0) is 14.8 Å². The molecule has 3 aromatic rings. The Morgan fingerprint density at radius 2 is 1.61 bits per heavy atom. The van der Waals surface area contributed by atoms with E-state index >= 15 is 0 Å². The smallest absolute Gasteiger partial charge is 0.306 e. The van der Waals surface area contributed by atoms with Gasteiger partial charge in [-0.15, -0.1) is 0 Å². The number of piperidine rings is 1. The molecule has 1 saturated carbocycles. The predicted molar refractivity (Wildman–Crippen MR) is 154 cm³/mol. The van der Waals surface area contributed by atoms with E-state index in [1.54, 1.807) is 48.8 Å². The summed E-state index contributed by atoms with van der Waals surface area (Å²) in [5.41, 5.74) is 1.36. The molecule has 2 fully saturated rings. The molecule has 1 saturated heterocycles. The highest BCUT2D eigenvalue weighted by molar-refractivity contribution is 7.89. The molecule has 2 heterocycles. The number of aliphatic carboxylic acids is 1. The Balaban J connectivity index is 1.28. The van der Waals surface area contributed by atoms with E-state index in [1.165, 1.54) is 17.0 Å². The first-order chi connectivity index (χ1) is 19.8. The molecule has 1 unspecified atom stereocenters. The lowest BCUT2D eigenvalue weighted by atomic mass is 10.0. The molecule has 1 aliphatic carbocycles. The second-order valence-corrected chi connectivity index (χ2v) is 12.2. The highest BCUT2D eigenvalue weighted by Gasteiger charge is 2.35. The van der Waals surface area contributed by atoms with Crippen molar-refractivity contribution < 1.29 is 23.1 Å². The van der Waals surface area contributed by atoms with E-state index in [2.05, 4.69) is 24.9 Å². The fraction of sp³-hybridized carbons (Fsp3) is 0.379. The number of benzene rings is 2. The molecule has 3 N–H and O–H groups in total. The van der Waals surface area contributed by atoms with Crippen LogP contribution in [0.1, 0.15) is 42.5 Å². The molecule has 1 aromatic heterocycles. The SMILES string of the molecule is O=C(O)CC(NS(=O)(=O)c1ccccc1)N(CC1CC1)C(=O)c1ccc(N2CCC(Nc3ncccn3)CC2)cc1. The first-order valence-corrected chi connectivity index (χ1v) is 15.3. The average Bonchev–Trinajstić information content (AvgIpc) is 3.81. The van der Waals surface area contributed by atoms with Crippen molar-refractivity contribution in [3.05, 3.63) is 78.6 Å². The number of hydrogen-bond donors (Lipinski definition) is 3. The third kappa shape index (κ3) is 7.59. The zero-order chi connectivity index (χ0) is 28.8. The van der Waals surface area contributed by atoms with Crippen LogP contribution in [0.2, 0.25) is 0 Å². The molecule has 1 atom stereocenters. The van der Waals surface area contributed by atoms with Gasteiger partial charge in [-0.05, 0) is 74.1 Å². The zero-order valence-electron chi connectivity index (χ0n) is 22.6. The van der Waals surface area contributed by atoms with Crippen molar-refractivity contribution in [1.82, 2.24) is 19.6 Å². The number of anilines is 2. The summed E-state index contributed by atoms with van der Waals surface area (Å²) in [6.07, 6.45) is 5.27. The normalized spacial score (nSPS) is 16.6. The number of rotatable bonds is 12. The molecule has 2 aliphatic rings. The minimum atomic E-state index is -4.05. The summed E-state index contributed by atoms with van der Waals surface area (Å²) >= 11 is 0. The summed E-state index contributed by atoms with van der Waals surface area (Å²) in [5.74, 6) is -0.772. The Hall–Kier alpha value is -4.03. The largest absolute Gasteiger partial charge is 0.481 e. The summed E-state index contributed by atoms with van der Waals surface area (Å²) in [6, 6.07) is 17.0. The monoisotopic (exact) mass is 578 g/mol. The van der Waals surface area contributed by atoms with Crippen molar-refractivity contribution in [2.24, 2.45) is 5.92 Å². The Morgan fingerprint density at radius 1 is 0.951 bits per heavy atom. The van der Waals surface area contributed by atoms with Gasteiger partial charge in [0, 0.05) is 49.3 Å². The van der Waals surface area contributed by atoms with Crippen LogP contribution in [0.5, 0.6) is 0 Å². The zero-order valence-corrected chi connectivity index (χ0v) is 23.4. The minimum Gasteiger partial charge on any atom is -0.481 e. The molecule has 5 rings (SSSR count). The summed E-state index contributed by atoms with van der Waals surface area (Å²) in [7, 11) is -4.05. The van der Waals surface area contributed by atoms with Crippen LogP contribution in [0.3, 0.4) is 0 Å². The number of hydrogen-bond acceptors (Lipinski definition) is 8. The third-order valence-electron chi connectivity index (χ3n) is 7.37. The molecule has 2 aromatic carbocycles. The number of carboxylic acid groups (broad SMARTS) is 1. The lowest BCUT2D eigenvalue weighted by Crippen LogP contribution is -2.52. The fourth-order valence-corrected chi connectivity index (χ4v) is 6.20. The number of sulfonamides is 1. The summed E-state index contributed by atoms with van der Waals surface area (Å²) in [6.45, 7) is 1.93. The Morgan fingerprint density at radius 3 is 2.22 bits per heavy atom. The van der Waals surface area contributed by atoms with Gasteiger partial charge in [0.1, 0.15) is 6.17 Å². The summed E-state index contributed by atoms with van der Waals surface area (Å²) in [5, 5.41) is 13.0. The first-order valence-electron chi connectivity index (χ1n) is 13.8. The number of nitrogens with one attached hydrogen (secondary N) is 2. The van der Waals surface area contributed by atoms with E-state index in [4.69, 9.17) is 0 Å². The van der Waals surface area contributed by atoms with Crippen molar-refractivity contribution in [3.8, 4) is 0 Å². The molecular formula is C29H34N6O5S. The lowest BCUT2D eigenvalue weighted by Gasteiger charge is -2.34. The average molecular weight is 579 g/mol. The van der Waals surface area contributed by atoms with Gasteiger partial charge < -0.3 is 20.2 Å². The fourth-order valence-electron chi connectivity index (χ4n) is 4.98. The lowest BCUT2D eigenvalue weighted by molar-refractivity contribution is -0.138. The predicted octanol–water partition coefficient (Wildman–Crippen LogP) is 3.19. The molecule has 41 heavy (non-hydrogen) atoms. The summed E-state index contributed by atoms with van der Waals surface area (Å²) in [4.78, 5) is 37.6. The second kappa shape index (κ2) is 12.6. The maximum atomic E-state index is 13.7. The van der Waals surface area contributed by atoms with Crippen LogP contribution in [0.25, 0.3) is 0 Å². The number of carbonyl (C=O) groups is 2. The van der Waals surface area contributed by atoms with Gasteiger partial charge in [-0.2, -0.15) is 4.72 Å². The van der Waals surface area contributed by atoms with Crippen molar-refractivity contribution in [1.29, 1.82) is 0 Å². The van der Waals surface area contributed by atoms with Gasteiger partial charge in [0.25, 0.3) is 5.91 Å². The van der Waals surface area contributed by atoms with Crippen LogP contribution in [0, 0.1) is 5.92 Å². The van der Waals surface area contributed by atoms with E-state index < -0.39 is 34.5 Å². The van der Waals surface area contributed by atoms with Gasteiger partial charge in [0.15, 0.2) is 0 Å². The Labute approximate surface area is 239 Å². The van der Waals surface area contributed by atoms with E-state index in [0.29, 0.717) is 11.5 Å². The van der Waals surface area contributed by atoms with Gasteiger partial charge in [-0.25, -0.2) is 18.4 Å². The highest BCUT2D eigenvalue weighted by Crippen LogP contribution is 2.31. The summed E-state index contributed by atoms with van der Waals surface area (Å²) < 4.78 is 28.6. The maximum Gasteiger partial charge on any atom is 0.306 e. The van der Waals surface area contributed by atoms with Gasteiger partial charge >= 0.3 is 5.97 Å². The van der Waals surface area contributed by atoms with E-state index in [9.17, 15) is 23.1 Å². The topological polar surface area (TPSA) is 145 Å². The quantitative estimate of drug-likeness (QED) is 0.276. The van der Waals surface area contributed by atoms with Gasteiger partial charge in [-0.3, -0.25) is 9.59 Å². The molecular weight excluding hydrogens is 544 g/mol. The molecule has 1 aliphatic heterocycles. The van der Waals surface area contributed by atoms with Crippen LogP contribution in [0.15, 0.2) is 78.0 Å². The van der Waals surface area contributed by atoms with Crippen molar-refractivity contribution in [2.45, 2.75) is 49.2 Å². The van der Waals surface area contributed by atoms with E-state index in [0.717, 1.165) is 44.5 Å². The van der Waals surface area contributed by atoms with Crippen LogP contribution in [-0.4, -0.2) is 72.1 Å². The number of nitrogens with zero attached hydrogens (tertiary/aromatic N) is 4. The van der Waals surface area contributed by atoms with Gasteiger partial charge in [-0.1, -0.05) is 18.2 Å². The van der Waals surface area contributed by atoms with Crippen molar-refractivity contribution in [3.63, 3.8) is 0 Å². The van der Waals surface area contributed by atoms with Crippen molar-refractivity contribution in [2.75, 3.05) is 29.9 Å². The van der Waals surface area contributed by atoms with Gasteiger partial charge in [0.2, 0.25) is 16.0 Å². The number of amides is 1. The maximum absolute atomic E-state index is 13.7. The van der Waals surface area contributed by atoms with E-state index in [-0.39, 0.29) is 23.4 Å². The van der Waals surface area contributed by atoms with Crippen LogP contribution >= 0.6 is 0 Å². The third-order valence-corrected chi connectivity index (χ3v) is 8.85. The highest BCUT2D eigenvalue weighted by atomic mass is 32.2.